The quantitative estimate of drug-likeness (QED) is 0.565. The summed E-state index contributed by atoms with van der Waals surface area (Å²) in [5.74, 6) is 0. The van der Waals surface area contributed by atoms with E-state index in [1.807, 2.05) is 36.4 Å². The van der Waals surface area contributed by atoms with Gasteiger partial charge in [-0.05, 0) is 34.1 Å². The smallest absolute Gasteiger partial charge is 0.155 e. The number of hydrogen-bond donors (Lipinski definition) is 0. The van der Waals surface area contributed by atoms with Gasteiger partial charge in [0, 0.05) is 15.2 Å². The van der Waals surface area contributed by atoms with Crippen LogP contribution in [-0.4, -0.2) is 0 Å². The van der Waals surface area contributed by atoms with Crippen molar-refractivity contribution >= 4 is 49.5 Å². The maximum Gasteiger partial charge on any atom is 0.155 e. The third kappa shape index (κ3) is 1.29. The van der Waals surface area contributed by atoms with E-state index in [4.69, 9.17) is 16.0 Å². The van der Waals surface area contributed by atoms with Gasteiger partial charge in [-0.1, -0.05) is 29.8 Å². The minimum atomic E-state index is 0.628. The molecule has 1 nitrogen and oxygen atoms in total. The van der Waals surface area contributed by atoms with E-state index in [0.717, 1.165) is 26.4 Å². The minimum absolute atomic E-state index is 0.628. The Balaban J connectivity index is 2.60. The van der Waals surface area contributed by atoms with Crippen molar-refractivity contribution < 1.29 is 4.42 Å². The van der Waals surface area contributed by atoms with E-state index in [-0.39, 0.29) is 0 Å². The summed E-state index contributed by atoms with van der Waals surface area (Å²) < 4.78 is 6.56. The molecule has 0 N–H and O–H groups in total. The van der Waals surface area contributed by atoms with Gasteiger partial charge in [0.2, 0.25) is 0 Å². The summed E-state index contributed by atoms with van der Waals surface area (Å²) >= 11 is 9.54. The van der Waals surface area contributed by atoms with E-state index in [1.54, 1.807) is 0 Å². The van der Waals surface area contributed by atoms with Crippen molar-refractivity contribution in [3.05, 3.63) is 45.9 Å². The van der Waals surface area contributed by atoms with Crippen molar-refractivity contribution in [3.8, 4) is 0 Å². The molecule has 15 heavy (non-hydrogen) atoms. The van der Waals surface area contributed by atoms with Crippen molar-refractivity contribution in [3.63, 3.8) is 0 Å². The summed E-state index contributed by atoms with van der Waals surface area (Å²) in [7, 11) is 0. The van der Waals surface area contributed by atoms with Crippen LogP contribution in [0, 0.1) is 0 Å². The minimum Gasteiger partial charge on any atom is -0.454 e. The number of para-hydroxylation sites is 1. The molecule has 3 rings (SSSR count). The molecule has 0 unspecified atom stereocenters. The summed E-state index contributed by atoms with van der Waals surface area (Å²) in [4.78, 5) is 0. The third-order valence-electron chi connectivity index (χ3n) is 2.44. The lowest BCUT2D eigenvalue weighted by Crippen LogP contribution is -1.70. The molecule has 3 heteroatoms. The molecule has 0 aliphatic carbocycles. The molecule has 0 saturated heterocycles. The second-order valence-electron chi connectivity index (χ2n) is 3.34. The number of hydrogen-bond acceptors (Lipinski definition) is 1. The second-order valence-corrected chi connectivity index (χ2v) is 4.57. The van der Waals surface area contributed by atoms with E-state index in [0.29, 0.717) is 5.02 Å². The van der Waals surface area contributed by atoms with E-state index < -0.39 is 0 Å². The molecule has 0 fully saturated rings. The van der Waals surface area contributed by atoms with Gasteiger partial charge >= 0.3 is 0 Å². The molecule has 0 bridgehead atoms. The molecule has 0 saturated carbocycles. The van der Waals surface area contributed by atoms with Gasteiger partial charge in [0.05, 0.1) is 5.02 Å². The topological polar surface area (TPSA) is 13.1 Å². The lowest BCUT2D eigenvalue weighted by molar-refractivity contribution is 0.669. The highest BCUT2D eigenvalue weighted by molar-refractivity contribution is 9.10. The van der Waals surface area contributed by atoms with Crippen LogP contribution in [0.5, 0.6) is 0 Å². The lowest BCUT2D eigenvalue weighted by atomic mass is 10.1. The standard InChI is InChI=1S/C12H6BrClO/c13-9-6-5-8-7-3-1-2-4-10(7)15-12(8)11(9)14/h1-6H. The fourth-order valence-electron chi connectivity index (χ4n) is 1.73. The highest BCUT2D eigenvalue weighted by Gasteiger charge is 2.10. The molecule has 0 aliphatic heterocycles. The molecular formula is C12H6BrClO. The second kappa shape index (κ2) is 3.26. The SMILES string of the molecule is Clc1c(Br)ccc2c1oc1ccccc12. The Morgan fingerprint density at radius 3 is 2.67 bits per heavy atom. The summed E-state index contributed by atoms with van der Waals surface area (Å²) in [6.45, 7) is 0. The zero-order chi connectivity index (χ0) is 10.4. The lowest BCUT2D eigenvalue weighted by Gasteiger charge is -1.94. The zero-order valence-electron chi connectivity index (χ0n) is 7.63. The molecule has 3 aromatic rings. The van der Waals surface area contributed by atoms with Crippen molar-refractivity contribution in [1.29, 1.82) is 0 Å². The van der Waals surface area contributed by atoms with Crippen LogP contribution in [0.15, 0.2) is 45.3 Å². The van der Waals surface area contributed by atoms with E-state index in [9.17, 15) is 0 Å². The average molecular weight is 282 g/mol. The molecule has 0 amide bonds. The third-order valence-corrected chi connectivity index (χ3v) is 3.70. The molecule has 74 valence electrons. The molecule has 1 heterocycles. The molecule has 2 aromatic carbocycles. The van der Waals surface area contributed by atoms with Crippen LogP contribution in [0.1, 0.15) is 0 Å². The molecular weight excluding hydrogens is 275 g/mol. The Bertz CT molecular complexity index is 657. The predicted molar refractivity (Wildman–Crippen MR) is 66.4 cm³/mol. The van der Waals surface area contributed by atoms with Gasteiger partial charge in [0.15, 0.2) is 5.58 Å². The number of halogens is 2. The maximum atomic E-state index is 6.16. The number of rotatable bonds is 0. The van der Waals surface area contributed by atoms with E-state index in [2.05, 4.69) is 15.9 Å². The highest BCUT2D eigenvalue weighted by atomic mass is 79.9. The molecule has 0 aliphatic rings. The number of benzene rings is 2. The Labute approximate surface area is 99.8 Å². The van der Waals surface area contributed by atoms with Crippen LogP contribution < -0.4 is 0 Å². The fourth-order valence-corrected chi connectivity index (χ4v) is 2.25. The Hall–Kier alpha value is -0.990. The zero-order valence-corrected chi connectivity index (χ0v) is 9.97. The van der Waals surface area contributed by atoms with Crippen molar-refractivity contribution in [2.24, 2.45) is 0 Å². The summed E-state index contributed by atoms with van der Waals surface area (Å²) in [6, 6.07) is 11.9. The van der Waals surface area contributed by atoms with Crippen LogP contribution in [0.2, 0.25) is 5.02 Å². The largest absolute Gasteiger partial charge is 0.454 e. The maximum absolute atomic E-state index is 6.16. The molecule has 0 radical (unpaired) electrons. The van der Waals surface area contributed by atoms with Gasteiger partial charge in [0.25, 0.3) is 0 Å². The normalized spacial score (nSPS) is 11.3. The molecule has 0 atom stereocenters. The Morgan fingerprint density at radius 2 is 1.80 bits per heavy atom. The van der Waals surface area contributed by atoms with Crippen LogP contribution >= 0.6 is 27.5 Å². The van der Waals surface area contributed by atoms with Gasteiger partial charge in [-0.15, -0.1) is 0 Å². The Kier molecular flexibility index (Phi) is 2.01. The van der Waals surface area contributed by atoms with Crippen LogP contribution in [0.3, 0.4) is 0 Å². The Morgan fingerprint density at radius 1 is 1.00 bits per heavy atom. The number of furan rings is 1. The van der Waals surface area contributed by atoms with Gasteiger partial charge in [0.1, 0.15) is 5.58 Å². The summed E-state index contributed by atoms with van der Waals surface area (Å²) in [6.07, 6.45) is 0. The number of fused-ring (bicyclic) bond motifs is 3. The van der Waals surface area contributed by atoms with Crippen LogP contribution in [-0.2, 0) is 0 Å². The first kappa shape index (κ1) is 9.25. The van der Waals surface area contributed by atoms with Crippen molar-refractivity contribution in [2.45, 2.75) is 0 Å². The highest BCUT2D eigenvalue weighted by Crippen LogP contribution is 2.36. The first-order chi connectivity index (χ1) is 7.27. The van der Waals surface area contributed by atoms with Crippen LogP contribution in [0.25, 0.3) is 21.9 Å². The molecule has 1 aromatic heterocycles. The van der Waals surface area contributed by atoms with Gasteiger partial charge in [-0.3, -0.25) is 0 Å². The summed E-state index contributed by atoms with van der Waals surface area (Å²) in [5, 5.41) is 2.78. The van der Waals surface area contributed by atoms with Gasteiger partial charge < -0.3 is 4.42 Å². The van der Waals surface area contributed by atoms with Crippen molar-refractivity contribution in [1.82, 2.24) is 0 Å². The molecule has 0 spiro atoms. The van der Waals surface area contributed by atoms with Crippen LogP contribution in [0.4, 0.5) is 0 Å². The fraction of sp³-hybridized carbons (Fsp3) is 0. The van der Waals surface area contributed by atoms with Crippen molar-refractivity contribution in [2.75, 3.05) is 0 Å². The van der Waals surface area contributed by atoms with E-state index in [1.165, 1.54) is 0 Å². The van der Waals surface area contributed by atoms with Gasteiger partial charge in [-0.25, -0.2) is 0 Å². The average Bonchev–Trinajstić information content (AvgIpc) is 2.63. The summed E-state index contributed by atoms with van der Waals surface area (Å²) in [5.41, 5.74) is 1.61. The van der Waals surface area contributed by atoms with Gasteiger partial charge in [-0.2, -0.15) is 0 Å². The predicted octanol–water partition coefficient (Wildman–Crippen LogP) is 5.00. The van der Waals surface area contributed by atoms with E-state index >= 15 is 0 Å². The monoisotopic (exact) mass is 280 g/mol. The first-order valence-electron chi connectivity index (χ1n) is 4.52. The first-order valence-corrected chi connectivity index (χ1v) is 5.70.